The lowest BCUT2D eigenvalue weighted by atomic mass is 10.2. The van der Waals surface area contributed by atoms with E-state index >= 15 is 0 Å². The molecule has 2 aromatic heterocycles. The molecule has 0 saturated carbocycles. The number of nitrogens with two attached hydrogens (primary N) is 1. The van der Waals surface area contributed by atoms with Crippen LogP contribution >= 0.6 is 0 Å². The predicted molar refractivity (Wildman–Crippen MR) is 74.2 cm³/mol. The normalized spacial score (nSPS) is 11.8. The highest BCUT2D eigenvalue weighted by Crippen LogP contribution is 2.17. The number of hydrogen-bond donors (Lipinski definition) is 3. The molecule has 2 aromatic rings. The molecule has 4 N–H and O–H groups in total. The standard InChI is InChI=1S/C12H17N5O2S/c1-8-3-4-14-6-10(8)7-15-20(18,19)12-9(2)16-17-11(12)5-13/h3-4,6,15H,5,7,13H2,1-2H3,(H,16,17). The average Bonchev–Trinajstić information content (AvgIpc) is 2.80. The van der Waals surface area contributed by atoms with Crippen molar-refractivity contribution in [1.82, 2.24) is 19.9 Å². The smallest absolute Gasteiger partial charge is 0.244 e. The lowest BCUT2D eigenvalue weighted by Crippen LogP contribution is -2.25. The summed E-state index contributed by atoms with van der Waals surface area (Å²) in [5.41, 5.74) is 8.11. The fourth-order valence-electron chi connectivity index (χ4n) is 1.89. The highest BCUT2D eigenvalue weighted by atomic mass is 32.2. The second-order valence-corrected chi connectivity index (χ2v) is 6.16. The van der Waals surface area contributed by atoms with E-state index in [2.05, 4.69) is 19.9 Å². The Morgan fingerprint density at radius 1 is 1.40 bits per heavy atom. The molecule has 0 unspecified atom stereocenters. The predicted octanol–water partition coefficient (Wildman–Crippen LogP) is 0.359. The molecular formula is C12H17N5O2S. The fourth-order valence-corrected chi connectivity index (χ4v) is 3.27. The van der Waals surface area contributed by atoms with Crippen molar-refractivity contribution in [3.05, 3.63) is 41.0 Å². The molecule has 0 aliphatic rings. The molecule has 2 rings (SSSR count). The number of sulfonamides is 1. The van der Waals surface area contributed by atoms with Crippen molar-refractivity contribution in [1.29, 1.82) is 0 Å². The molecule has 0 aliphatic carbocycles. The summed E-state index contributed by atoms with van der Waals surface area (Å²) in [6.07, 6.45) is 3.31. The average molecular weight is 295 g/mol. The number of aromatic nitrogens is 3. The van der Waals surface area contributed by atoms with Gasteiger partial charge in [-0.3, -0.25) is 10.1 Å². The monoisotopic (exact) mass is 295 g/mol. The molecular weight excluding hydrogens is 278 g/mol. The third-order valence-electron chi connectivity index (χ3n) is 3.02. The van der Waals surface area contributed by atoms with E-state index in [1.54, 1.807) is 19.3 Å². The maximum atomic E-state index is 12.3. The van der Waals surface area contributed by atoms with Crippen LogP contribution in [-0.4, -0.2) is 23.6 Å². The number of pyridine rings is 1. The molecule has 2 heterocycles. The lowest BCUT2D eigenvalue weighted by Gasteiger charge is -2.09. The number of H-pyrrole nitrogens is 1. The minimum Gasteiger partial charge on any atom is -0.325 e. The molecule has 0 bridgehead atoms. The largest absolute Gasteiger partial charge is 0.325 e. The first-order valence-electron chi connectivity index (χ1n) is 6.08. The van der Waals surface area contributed by atoms with E-state index in [-0.39, 0.29) is 18.0 Å². The molecule has 20 heavy (non-hydrogen) atoms. The highest BCUT2D eigenvalue weighted by Gasteiger charge is 2.23. The van der Waals surface area contributed by atoms with Crippen LogP contribution in [0.2, 0.25) is 0 Å². The maximum absolute atomic E-state index is 12.3. The number of rotatable bonds is 5. The van der Waals surface area contributed by atoms with Crippen molar-refractivity contribution in [2.24, 2.45) is 5.73 Å². The van der Waals surface area contributed by atoms with Crippen LogP contribution in [0.3, 0.4) is 0 Å². The van der Waals surface area contributed by atoms with Gasteiger partial charge in [-0.15, -0.1) is 0 Å². The third-order valence-corrected chi connectivity index (χ3v) is 4.63. The number of nitrogens with one attached hydrogen (secondary N) is 2. The summed E-state index contributed by atoms with van der Waals surface area (Å²) in [5, 5.41) is 6.53. The molecule has 0 saturated heterocycles. The van der Waals surface area contributed by atoms with E-state index in [9.17, 15) is 8.42 Å². The summed E-state index contributed by atoms with van der Waals surface area (Å²) in [5.74, 6) is 0. The van der Waals surface area contributed by atoms with Gasteiger partial charge in [-0.25, -0.2) is 13.1 Å². The van der Waals surface area contributed by atoms with Crippen LogP contribution in [0.25, 0.3) is 0 Å². The van der Waals surface area contributed by atoms with Crippen molar-refractivity contribution in [3.63, 3.8) is 0 Å². The molecule has 0 amide bonds. The first-order chi connectivity index (χ1) is 9.45. The lowest BCUT2D eigenvalue weighted by molar-refractivity contribution is 0.579. The second-order valence-electron chi connectivity index (χ2n) is 4.46. The Balaban J connectivity index is 2.24. The van der Waals surface area contributed by atoms with Crippen LogP contribution in [0.5, 0.6) is 0 Å². The molecule has 7 nitrogen and oxygen atoms in total. The van der Waals surface area contributed by atoms with Gasteiger partial charge in [-0.1, -0.05) is 0 Å². The van der Waals surface area contributed by atoms with Crippen LogP contribution < -0.4 is 10.5 Å². The zero-order valence-corrected chi connectivity index (χ0v) is 12.2. The quantitative estimate of drug-likeness (QED) is 0.737. The minimum absolute atomic E-state index is 0.0620. The van der Waals surface area contributed by atoms with Gasteiger partial charge in [0, 0.05) is 25.5 Å². The van der Waals surface area contributed by atoms with Crippen molar-refractivity contribution in [3.8, 4) is 0 Å². The molecule has 0 aliphatic heterocycles. The minimum atomic E-state index is -3.66. The van der Waals surface area contributed by atoms with Gasteiger partial charge in [0.1, 0.15) is 4.90 Å². The molecule has 0 spiro atoms. The summed E-state index contributed by atoms with van der Waals surface area (Å²) in [4.78, 5) is 4.11. The zero-order chi connectivity index (χ0) is 14.8. The van der Waals surface area contributed by atoms with Crippen LogP contribution in [-0.2, 0) is 23.1 Å². The third kappa shape index (κ3) is 2.87. The van der Waals surface area contributed by atoms with E-state index in [1.807, 2.05) is 13.0 Å². The van der Waals surface area contributed by atoms with E-state index in [0.717, 1.165) is 11.1 Å². The Labute approximate surface area is 117 Å². The summed E-state index contributed by atoms with van der Waals surface area (Å²) in [6, 6.07) is 1.83. The van der Waals surface area contributed by atoms with Crippen LogP contribution in [0.4, 0.5) is 0 Å². The highest BCUT2D eigenvalue weighted by molar-refractivity contribution is 7.89. The van der Waals surface area contributed by atoms with Crippen molar-refractivity contribution < 1.29 is 8.42 Å². The van der Waals surface area contributed by atoms with Gasteiger partial charge in [-0.2, -0.15) is 5.10 Å². The van der Waals surface area contributed by atoms with E-state index in [0.29, 0.717) is 11.4 Å². The maximum Gasteiger partial charge on any atom is 0.244 e. The molecule has 0 atom stereocenters. The van der Waals surface area contributed by atoms with Crippen molar-refractivity contribution >= 4 is 10.0 Å². The molecule has 0 fully saturated rings. The Morgan fingerprint density at radius 2 is 2.15 bits per heavy atom. The van der Waals surface area contributed by atoms with Crippen molar-refractivity contribution in [2.45, 2.75) is 31.8 Å². The van der Waals surface area contributed by atoms with E-state index in [1.165, 1.54) is 0 Å². The van der Waals surface area contributed by atoms with Gasteiger partial charge in [0.25, 0.3) is 0 Å². The molecule has 108 valence electrons. The Kier molecular flexibility index (Phi) is 4.17. The van der Waals surface area contributed by atoms with E-state index in [4.69, 9.17) is 5.73 Å². The number of nitrogens with zero attached hydrogens (tertiary/aromatic N) is 2. The summed E-state index contributed by atoms with van der Waals surface area (Å²) in [7, 11) is -3.66. The summed E-state index contributed by atoms with van der Waals surface area (Å²) < 4.78 is 27.2. The molecule has 0 aromatic carbocycles. The topological polar surface area (TPSA) is 114 Å². The van der Waals surface area contributed by atoms with Gasteiger partial charge in [0.05, 0.1) is 11.4 Å². The Bertz CT molecular complexity index is 708. The van der Waals surface area contributed by atoms with Crippen molar-refractivity contribution in [2.75, 3.05) is 0 Å². The Morgan fingerprint density at radius 3 is 2.80 bits per heavy atom. The second kappa shape index (κ2) is 5.70. The van der Waals surface area contributed by atoms with Gasteiger partial charge in [-0.05, 0) is 31.0 Å². The first-order valence-corrected chi connectivity index (χ1v) is 7.57. The Hall–Kier alpha value is -1.77. The molecule has 0 radical (unpaired) electrons. The summed E-state index contributed by atoms with van der Waals surface area (Å²) >= 11 is 0. The first kappa shape index (κ1) is 14.6. The van der Waals surface area contributed by atoms with Gasteiger partial charge in [0.15, 0.2) is 0 Å². The van der Waals surface area contributed by atoms with E-state index < -0.39 is 10.0 Å². The van der Waals surface area contributed by atoms with Gasteiger partial charge in [0.2, 0.25) is 10.0 Å². The number of aromatic amines is 1. The van der Waals surface area contributed by atoms with Crippen LogP contribution in [0, 0.1) is 13.8 Å². The molecule has 8 heteroatoms. The van der Waals surface area contributed by atoms with Gasteiger partial charge >= 0.3 is 0 Å². The SMILES string of the molecule is Cc1ccncc1CNS(=O)(=O)c1c(CN)n[nH]c1C. The number of hydrogen-bond acceptors (Lipinski definition) is 5. The van der Waals surface area contributed by atoms with Gasteiger partial charge < -0.3 is 5.73 Å². The number of aryl methyl sites for hydroxylation is 2. The fraction of sp³-hybridized carbons (Fsp3) is 0.333. The van der Waals surface area contributed by atoms with Crippen LogP contribution in [0.1, 0.15) is 22.5 Å². The van der Waals surface area contributed by atoms with Crippen LogP contribution in [0.15, 0.2) is 23.4 Å². The zero-order valence-electron chi connectivity index (χ0n) is 11.3. The summed E-state index contributed by atoms with van der Waals surface area (Å²) in [6.45, 7) is 3.79.